The average molecular weight is 321 g/mol. The molecule has 0 saturated heterocycles. The van der Waals surface area contributed by atoms with Crippen molar-refractivity contribution in [2.75, 3.05) is 11.9 Å². The van der Waals surface area contributed by atoms with Gasteiger partial charge in [-0.15, -0.1) is 0 Å². The van der Waals surface area contributed by atoms with Gasteiger partial charge in [0.25, 0.3) is 5.91 Å². The number of hydrogen-bond acceptors (Lipinski definition) is 3. The number of rotatable bonds is 4. The Balaban J connectivity index is 1.94. The molecule has 1 aromatic carbocycles. The third kappa shape index (κ3) is 3.68. The van der Waals surface area contributed by atoms with Crippen LogP contribution in [-0.2, 0) is 4.79 Å². The van der Waals surface area contributed by atoms with Crippen LogP contribution in [0, 0.1) is 20.8 Å². The molecule has 0 bridgehead atoms. The Morgan fingerprint density at radius 3 is 2.59 bits per heavy atom. The van der Waals surface area contributed by atoms with Gasteiger partial charge in [0.2, 0.25) is 5.91 Å². The molecule has 0 aliphatic carbocycles. The normalized spacial score (nSPS) is 10.4. The minimum absolute atomic E-state index is 0.131. The lowest BCUT2D eigenvalue weighted by Crippen LogP contribution is -2.33. The molecule has 2 aromatic rings. The zero-order chi connectivity index (χ0) is 16.3. The first-order valence-corrected chi connectivity index (χ1v) is 7.16. The van der Waals surface area contributed by atoms with E-state index in [1.165, 1.54) is 0 Å². The Morgan fingerprint density at radius 2 is 1.95 bits per heavy atom. The monoisotopic (exact) mass is 320 g/mol. The molecule has 0 saturated carbocycles. The number of amides is 2. The predicted molar refractivity (Wildman–Crippen MR) is 85.3 cm³/mol. The number of aryl methyl sites for hydroxylation is 2. The van der Waals surface area contributed by atoms with E-state index in [1.807, 2.05) is 6.92 Å². The van der Waals surface area contributed by atoms with Gasteiger partial charge in [0, 0.05) is 10.7 Å². The standard InChI is InChI=1S/C16H17ClN2O3/c1-9-7-12(11(3)22-9)16(21)18-8-15(20)19-14-6-4-5-13(17)10(14)2/h4-7H,8H2,1-3H3,(H,18,21)(H,19,20). The van der Waals surface area contributed by atoms with Gasteiger partial charge in [0.05, 0.1) is 12.1 Å². The third-order valence-corrected chi connectivity index (χ3v) is 3.65. The molecule has 1 aromatic heterocycles. The topological polar surface area (TPSA) is 71.3 Å². The summed E-state index contributed by atoms with van der Waals surface area (Å²) >= 11 is 5.99. The first kappa shape index (κ1) is 16.1. The number of benzene rings is 1. The van der Waals surface area contributed by atoms with Crippen molar-refractivity contribution in [2.45, 2.75) is 20.8 Å². The Morgan fingerprint density at radius 1 is 1.23 bits per heavy atom. The molecule has 116 valence electrons. The number of anilines is 1. The Hall–Kier alpha value is -2.27. The van der Waals surface area contributed by atoms with E-state index in [4.69, 9.17) is 16.0 Å². The number of carbonyl (C=O) groups is 2. The number of furan rings is 1. The van der Waals surface area contributed by atoms with E-state index in [0.717, 1.165) is 5.56 Å². The van der Waals surface area contributed by atoms with Crippen LogP contribution in [0.25, 0.3) is 0 Å². The number of carbonyl (C=O) groups excluding carboxylic acids is 2. The molecule has 0 radical (unpaired) electrons. The molecule has 2 rings (SSSR count). The lowest BCUT2D eigenvalue weighted by molar-refractivity contribution is -0.115. The summed E-state index contributed by atoms with van der Waals surface area (Å²) < 4.78 is 5.29. The highest BCUT2D eigenvalue weighted by Crippen LogP contribution is 2.22. The van der Waals surface area contributed by atoms with Gasteiger partial charge >= 0.3 is 0 Å². The molecule has 2 amide bonds. The fraction of sp³-hybridized carbons (Fsp3) is 0.250. The van der Waals surface area contributed by atoms with E-state index in [9.17, 15) is 9.59 Å². The highest BCUT2D eigenvalue weighted by atomic mass is 35.5. The smallest absolute Gasteiger partial charge is 0.255 e. The van der Waals surface area contributed by atoms with Crippen molar-refractivity contribution < 1.29 is 14.0 Å². The van der Waals surface area contributed by atoms with Crippen LogP contribution in [0.4, 0.5) is 5.69 Å². The summed E-state index contributed by atoms with van der Waals surface area (Å²) in [5.41, 5.74) is 1.84. The Bertz CT molecular complexity index is 722. The first-order valence-electron chi connectivity index (χ1n) is 6.78. The molecule has 0 aliphatic heterocycles. The molecule has 0 aliphatic rings. The van der Waals surface area contributed by atoms with E-state index in [0.29, 0.717) is 27.8 Å². The van der Waals surface area contributed by atoms with Crippen molar-refractivity contribution in [3.63, 3.8) is 0 Å². The molecule has 0 unspecified atom stereocenters. The highest BCUT2D eigenvalue weighted by Gasteiger charge is 2.14. The molecule has 6 heteroatoms. The number of halogens is 1. The van der Waals surface area contributed by atoms with Crippen LogP contribution in [-0.4, -0.2) is 18.4 Å². The van der Waals surface area contributed by atoms with Crippen molar-refractivity contribution >= 4 is 29.1 Å². The van der Waals surface area contributed by atoms with Crippen LogP contribution in [0.2, 0.25) is 5.02 Å². The van der Waals surface area contributed by atoms with Gasteiger partial charge in [-0.3, -0.25) is 9.59 Å². The minimum atomic E-state index is -0.340. The first-order chi connectivity index (χ1) is 10.4. The van der Waals surface area contributed by atoms with Gasteiger partial charge in [-0.2, -0.15) is 0 Å². The largest absolute Gasteiger partial charge is 0.466 e. The van der Waals surface area contributed by atoms with E-state index in [1.54, 1.807) is 38.1 Å². The molecule has 0 spiro atoms. The Labute approximate surface area is 133 Å². The molecule has 2 N–H and O–H groups in total. The van der Waals surface area contributed by atoms with Gasteiger partial charge in [0.15, 0.2) is 0 Å². The molecule has 0 fully saturated rings. The van der Waals surface area contributed by atoms with E-state index >= 15 is 0 Å². The zero-order valence-electron chi connectivity index (χ0n) is 12.6. The van der Waals surface area contributed by atoms with Crippen molar-refractivity contribution in [1.29, 1.82) is 0 Å². The highest BCUT2D eigenvalue weighted by molar-refractivity contribution is 6.31. The molecular formula is C16H17ClN2O3. The van der Waals surface area contributed by atoms with E-state index < -0.39 is 0 Å². The summed E-state index contributed by atoms with van der Waals surface area (Å²) in [6.07, 6.45) is 0. The van der Waals surface area contributed by atoms with Crippen LogP contribution in [0.1, 0.15) is 27.4 Å². The van der Waals surface area contributed by atoms with Crippen LogP contribution in [0.15, 0.2) is 28.7 Å². The lowest BCUT2D eigenvalue weighted by atomic mass is 10.2. The zero-order valence-corrected chi connectivity index (χ0v) is 13.4. The third-order valence-electron chi connectivity index (χ3n) is 3.24. The second-order valence-corrected chi connectivity index (χ2v) is 5.38. The fourth-order valence-electron chi connectivity index (χ4n) is 2.05. The maximum atomic E-state index is 12.0. The van der Waals surface area contributed by atoms with Crippen LogP contribution in [0.5, 0.6) is 0 Å². The predicted octanol–water partition coefficient (Wildman–Crippen LogP) is 3.23. The second-order valence-electron chi connectivity index (χ2n) is 4.97. The molecule has 5 nitrogen and oxygen atoms in total. The van der Waals surface area contributed by atoms with Crippen LogP contribution in [0.3, 0.4) is 0 Å². The van der Waals surface area contributed by atoms with Gasteiger partial charge in [-0.1, -0.05) is 17.7 Å². The van der Waals surface area contributed by atoms with Crippen molar-refractivity contribution in [2.24, 2.45) is 0 Å². The van der Waals surface area contributed by atoms with Gasteiger partial charge in [0.1, 0.15) is 11.5 Å². The maximum Gasteiger partial charge on any atom is 0.255 e. The summed E-state index contributed by atoms with van der Waals surface area (Å²) in [4.78, 5) is 23.9. The lowest BCUT2D eigenvalue weighted by Gasteiger charge is -2.10. The van der Waals surface area contributed by atoms with Gasteiger partial charge in [-0.05, 0) is 44.5 Å². The summed E-state index contributed by atoms with van der Waals surface area (Å²) in [7, 11) is 0. The van der Waals surface area contributed by atoms with Gasteiger partial charge in [-0.25, -0.2) is 0 Å². The van der Waals surface area contributed by atoms with Crippen molar-refractivity contribution in [3.8, 4) is 0 Å². The average Bonchev–Trinajstić information content (AvgIpc) is 2.80. The fourth-order valence-corrected chi connectivity index (χ4v) is 2.22. The summed E-state index contributed by atoms with van der Waals surface area (Å²) in [5.74, 6) is 0.520. The maximum absolute atomic E-state index is 12.0. The summed E-state index contributed by atoms with van der Waals surface area (Å²) in [6, 6.07) is 6.90. The van der Waals surface area contributed by atoms with Crippen LogP contribution < -0.4 is 10.6 Å². The number of hydrogen-bond donors (Lipinski definition) is 2. The van der Waals surface area contributed by atoms with E-state index in [-0.39, 0.29) is 18.4 Å². The van der Waals surface area contributed by atoms with Gasteiger partial charge < -0.3 is 15.1 Å². The molecule has 0 atom stereocenters. The number of nitrogens with one attached hydrogen (secondary N) is 2. The minimum Gasteiger partial charge on any atom is -0.466 e. The summed E-state index contributed by atoms with van der Waals surface area (Å²) in [6.45, 7) is 5.15. The van der Waals surface area contributed by atoms with Crippen molar-refractivity contribution in [1.82, 2.24) is 5.32 Å². The van der Waals surface area contributed by atoms with Crippen LogP contribution >= 0.6 is 11.6 Å². The van der Waals surface area contributed by atoms with E-state index in [2.05, 4.69) is 10.6 Å². The second kappa shape index (κ2) is 6.66. The molecule has 22 heavy (non-hydrogen) atoms. The Kier molecular flexibility index (Phi) is 4.88. The molecular weight excluding hydrogens is 304 g/mol. The van der Waals surface area contributed by atoms with Crippen molar-refractivity contribution in [3.05, 3.63) is 51.9 Å². The quantitative estimate of drug-likeness (QED) is 0.908. The molecule has 1 heterocycles. The SMILES string of the molecule is Cc1cc(C(=O)NCC(=O)Nc2cccc(Cl)c2C)c(C)o1. The summed E-state index contributed by atoms with van der Waals surface area (Å²) in [5, 5.41) is 5.85.